The van der Waals surface area contributed by atoms with E-state index in [0.29, 0.717) is 18.0 Å². The van der Waals surface area contributed by atoms with Crippen LogP contribution in [0.2, 0.25) is 0 Å². The average molecular weight is 236 g/mol. The van der Waals surface area contributed by atoms with Gasteiger partial charge in [0.05, 0.1) is 7.11 Å². The fraction of sp³-hybridized carbons (Fsp3) is 0.462. The summed E-state index contributed by atoms with van der Waals surface area (Å²) in [5, 5.41) is 0. The van der Waals surface area contributed by atoms with Crippen LogP contribution < -0.4 is 11.5 Å². The number of ether oxygens (including phenoxy) is 1. The van der Waals surface area contributed by atoms with Gasteiger partial charge < -0.3 is 16.2 Å². The third kappa shape index (κ3) is 3.46. The molecule has 4 nitrogen and oxygen atoms in total. The third-order valence-corrected chi connectivity index (χ3v) is 2.78. The fourth-order valence-corrected chi connectivity index (χ4v) is 1.63. The predicted octanol–water partition coefficient (Wildman–Crippen LogP) is 1.43. The number of benzene rings is 1. The first-order valence-corrected chi connectivity index (χ1v) is 5.67. The second-order valence-electron chi connectivity index (χ2n) is 4.45. The van der Waals surface area contributed by atoms with Crippen molar-refractivity contribution in [3.05, 3.63) is 29.3 Å². The summed E-state index contributed by atoms with van der Waals surface area (Å²) in [5.74, 6) is 0.00283. The molecule has 1 rings (SSSR count). The van der Waals surface area contributed by atoms with Crippen molar-refractivity contribution < 1.29 is 9.53 Å². The number of hydrogen-bond acceptors (Lipinski definition) is 4. The molecule has 1 aromatic carbocycles. The Balaban J connectivity index is 2.89. The van der Waals surface area contributed by atoms with Crippen LogP contribution >= 0.6 is 0 Å². The summed E-state index contributed by atoms with van der Waals surface area (Å²) in [6, 6.07) is 5.19. The second kappa shape index (κ2) is 5.68. The second-order valence-corrected chi connectivity index (χ2v) is 4.45. The molecule has 0 aliphatic heterocycles. The highest BCUT2D eigenvalue weighted by atomic mass is 16.5. The first kappa shape index (κ1) is 13.5. The van der Waals surface area contributed by atoms with Gasteiger partial charge in [0, 0.05) is 12.1 Å². The molecule has 0 fully saturated rings. The van der Waals surface area contributed by atoms with E-state index in [2.05, 4.69) is 18.6 Å². The molecule has 94 valence electrons. The number of methoxy groups -OCH3 is 1. The Morgan fingerprint density at radius 3 is 2.59 bits per heavy atom. The number of nitrogen functional groups attached to an aromatic ring is 1. The van der Waals surface area contributed by atoms with Gasteiger partial charge in [0.15, 0.2) is 0 Å². The molecule has 0 aliphatic rings. The molecule has 4 heteroatoms. The molecular weight excluding hydrogens is 216 g/mol. The summed E-state index contributed by atoms with van der Waals surface area (Å²) in [7, 11) is 1.33. The monoisotopic (exact) mass is 236 g/mol. The molecule has 4 N–H and O–H groups in total. The summed E-state index contributed by atoms with van der Waals surface area (Å²) in [4.78, 5) is 11.3. The predicted molar refractivity (Wildman–Crippen MR) is 68.6 cm³/mol. The molecule has 0 bridgehead atoms. The first-order chi connectivity index (χ1) is 7.95. The molecule has 1 atom stereocenters. The zero-order valence-electron chi connectivity index (χ0n) is 10.6. The number of rotatable bonds is 4. The van der Waals surface area contributed by atoms with E-state index in [1.54, 1.807) is 0 Å². The lowest BCUT2D eigenvalue weighted by atomic mass is 9.96. The van der Waals surface area contributed by atoms with E-state index in [-0.39, 0.29) is 0 Å². The lowest BCUT2D eigenvalue weighted by Crippen LogP contribution is -2.33. The number of anilines is 1. The average Bonchev–Trinajstić information content (AvgIpc) is 2.30. The zero-order chi connectivity index (χ0) is 13.0. The van der Waals surface area contributed by atoms with E-state index < -0.39 is 12.0 Å². The van der Waals surface area contributed by atoms with Crippen molar-refractivity contribution >= 4 is 11.7 Å². The Morgan fingerprint density at radius 2 is 2.06 bits per heavy atom. The van der Waals surface area contributed by atoms with Crippen LogP contribution in [0.1, 0.15) is 30.9 Å². The van der Waals surface area contributed by atoms with Gasteiger partial charge >= 0.3 is 5.97 Å². The van der Waals surface area contributed by atoms with E-state index in [1.165, 1.54) is 12.7 Å². The van der Waals surface area contributed by atoms with Crippen LogP contribution in [0.5, 0.6) is 0 Å². The van der Waals surface area contributed by atoms with Gasteiger partial charge in [-0.05, 0) is 23.1 Å². The van der Waals surface area contributed by atoms with Crippen molar-refractivity contribution in [3.8, 4) is 0 Å². The van der Waals surface area contributed by atoms with E-state index in [0.717, 1.165) is 5.56 Å². The summed E-state index contributed by atoms with van der Waals surface area (Å²) in [5.41, 5.74) is 14.3. The molecule has 0 saturated carbocycles. The number of carbonyl (C=O) groups is 1. The molecule has 0 spiro atoms. The van der Waals surface area contributed by atoms with E-state index in [9.17, 15) is 4.79 Å². The molecule has 0 heterocycles. The number of nitrogens with two attached hydrogens (primary N) is 2. The maximum Gasteiger partial charge on any atom is 0.322 e. The molecule has 0 amide bonds. The highest BCUT2D eigenvalue weighted by Gasteiger charge is 2.16. The van der Waals surface area contributed by atoms with Crippen LogP contribution in [0, 0.1) is 0 Å². The Hall–Kier alpha value is -1.55. The largest absolute Gasteiger partial charge is 0.468 e. The summed E-state index contributed by atoms with van der Waals surface area (Å²) in [6.07, 6.45) is 0.402. The Kier molecular flexibility index (Phi) is 4.52. The van der Waals surface area contributed by atoms with Gasteiger partial charge in [0.25, 0.3) is 0 Å². The summed E-state index contributed by atoms with van der Waals surface area (Å²) < 4.78 is 4.60. The highest BCUT2D eigenvalue weighted by Crippen LogP contribution is 2.21. The van der Waals surface area contributed by atoms with Crippen LogP contribution in [0.25, 0.3) is 0 Å². The molecule has 0 aromatic heterocycles. The van der Waals surface area contributed by atoms with Crippen molar-refractivity contribution in [1.29, 1.82) is 0 Å². The summed E-state index contributed by atoms with van der Waals surface area (Å²) in [6.45, 7) is 4.21. The minimum Gasteiger partial charge on any atom is -0.468 e. The highest BCUT2D eigenvalue weighted by molar-refractivity contribution is 5.76. The van der Waals surface area contributed by atoms with Gasteiger partial charge in [-0.25, -0.2) is 0 Å². The summed E-state index contributed by atoms with van der Waals surface area (Å²) >= 11 is 0. The van der Waals surface area contributed by atoms with Gasteiger partial charge in [-0.3, -0.25) is 4.79 Å². The van der Waals surface area contributed by atoms with Crippen molar-refractivity contribution in [2.75, 3.05) is 12.8 Å². The SMILES string of the molecule is COC(=O)[C@@H](N)Cc1cc(C(C)C)ccc1N. The maximum absolute atomic E-state index is 11.3. The third-order valence-electron chi connectivity index (χ3n) is 2.78. The smallest absolute Gasteiger partial charge is 0.322 e. The Morgan fingerprint density at radius 1 is 1.41 bits per heavy atom. The quantitative estimate of drug-likeness (QED) is 0.612. The normalized spacial score (nSPS) is 12.5. The van der Waals surface area contributed by atoms with Gasteiger partial charge in [-0.1, -0.05) is 26.0 Å². The lowest BCUT2D eigenvalue weighted by Gasteiger charge is -2.14. The van der Waals surface area contributed by atoms with Gasteiger partial charge in [0.2, 0.25) is 0 Å². The van der Waals surface area contributed by atoms with Crippen molar-refractivity contribution in [3.63, 3.8) is 0 Å². The van der Waals surface area contributed by atoms with Crippen LogP contribution in [-0.2, 0) is 16.0 Å². The minimum atomic E-state index is -0.662. The molecular formula is C13H20N2O2. The molecule has 0 saturated heterocycles. The number of esters is 1. The van der Waals surface area contributed by atoms with E-state index >= 15 is 0 Å². The van der Waals surface area contributed by atoms with Gasteiger partial charge in [0.1, 0.15) is 6.04 Å². The lowest BCUT2D eigenvalue weighted by molar-refractivity contribution is -0.142. The molecule has 0 aliphatic carbocycles. The first-order valence-electron chi connectivity index (χ1n) is 5.67. The van der Waals surface area contributed by atoms with Gasteiger partial charge in [-0.2, -0.15) is 0 Å². The van der Waals surface area contributed by atoms with Crippen molar-refractivity contribution in [1.82, 2.24) is 0 Å². The molecule has 0 unspecified atom stereocenters. The van der Waals surface area contributed by atoms with Crippen LogP contribution in [-0.4, -0.2) is 19.1 Å². The van der Waals surface area contributed by atoms with E-state index in [1.807, 2.05) is 18.2 Å². The van der Waals surface area contributed by atoms with Crippen LogP contribution in [0.15, 0.2) is 18.2 Å². The van der Waals surface area contributed by atoms with E-state index in [4.69, 9.17) is 11.5 Å². The van der Waals surface area contributed by atoms with Crippen molar-refractivity contribution in [2.24, 2.45) is 5.73 Å². The zero-order valence-corrected chi connectivity index (χ0v) is 10.6. The van der Waals surface area contributed by atoms with Crippen LogP contribution in [0.3, 0.4) is 0 Å². The Bertz CT molecular complexity index is 402. The standard InChI is InChI=1S/C13H20N2O2/c1-8(2)9-4-5-11(14)10(6-9)7-12(15)13(16)17-3/h4-6,8,12H,7,14-15H2,1-3H3/t12-/m0/s1. The molecule has 1 aromatic rings. The van der Waals surface area contributed by atoms with Crippen LogP contribution in [0.4, 0.5) is 5.69 Å². The topological polar surface area (TPSA) is 78.3 Å². The molecule has 17 heavy (non-hydrogen) atoms. The van der Waals surface area contributed by atoms with Crippen molar-refractivity contribution in [2.45, 2.75) is 32.2 Å². The minimum absolute atomic E-state index is 0.402. The number of carbonyl (C=O) groups excluding carboxylic acids is 1. The Labute approximate surface area is 102 Å². The fourth-order valence-electron chi connectivity index (χ4n) is 1.63. The maximum atomic E-state index is 11.3. The van der Waals surface area contributed by atoms with Gasteiger partial charge in [-0.15, -0.1) is 0 Å². The number of hydrogen-bond donors (Lipinski definition) is 2. The molecule has 0 radical (unpaired) electrons.